The zero-order valence-corrected chi connectivity index (χ0v) is 14.2. The first-order chi connectivity index (χ1) is 10.2. The standard InChI is InChI=1S/C16H22ClFN2O2/c1-11-10-19(15(21)22-16(2,3)4)7-8-20(11)12-5-6-13(17)14(18)9-12/h5-6,9,11H,7-8,10H2,1-4H3/t11-/m1/s1. The normalized spacial score (nSPS) is 19.3. The van der Waals surface area contributed by atoms with Gasteiger partial charge in [0.15, 0.2) is 0 Å². The second kappa shape index (κ2) is 6.32. The van der Waals surface area contributed by atoms with Crippen LogP contribution in [0, 0.1) is 5.82 Å². The van der Waals surface area contributed by atoms with Gasteiger partial charge in [-0.1, -0.05) is 11.6 Å². The fraction of sp³-hybridized carbons (Fsp3) is 0.562. The van der Waals surface area contributed by atoms with Crippen molar-refractivity contribution >= 4 is 23.4 Å². The first kappa shape index (κ1) is 16.9. The van der Waals surface area contributed by atoms with E-state index in [9.17, 15) is 9.18 Å². The van der Waals surface area contributed by atoms with E-state index in [0.29, 0.717) is 19.6 Å². The highest BCUT2D eigenvalue weighted by atomic mass is 35.5. The molecular formula is C16H22ClFN2O2. The molecule has 2 rings (SSSR count). The van der Waals surface area contributed by atoms with Crippen molar-refractivity contribution in [3.63, 3.8) is 0 Å². The lowest BCUT2D eigenvalue weighted by Gasteiger charge is -2.41. The van der Waals surface area contributed by atoms with Crippen molar-refractivity contribution in [3.05, 3.63) is 29.0 Å². The maximum Gasteiger partial charge on any atom is 0.410 e. The summed E-state index contributed by atoms with van der Waals surface area (Å²) in [6.45, 7) is 9.26. The van der Waals surface area contributed by atoms with Gasteiger partial charge in [0.2, 0.25) is 0 Å². The molecule has 1 amide bonds. The maximum atomic E-state index is 13.6. The molecule has 0 bridgehead atoms. The van der Waals surface area contributed by atoms with Gasteiger partial charge in [0.1, 0.15) is 11.4 Å². The molecule has 0 spiro atoms. The molecule has 1 saturated heterocycles. The minimum Gasteiger partial charge on any atom is -0.444 e. The lowest BCUT2D eigenvalue weighted by atomic mass is 10.1. The van der Waals surface area contributed by atoms with Crippen LogP contribution in [0.25, 0.3) is 0 Å². The Morgan fingerprint density at radius 3 is 2.59 bits per heavy atom. The van der Waals surface area contributed by atoms with Crippen LogP contribution in [0.5, 0.6) is 0 Å². The topological polar surface area (TPSA) is 32.8 Å². The fourth-order valence-corrected chi connectivity index (χ4v) is 2.61. The molecule has 0 radical (unpaired) electrons. The van der Waals surface area contributed by atoms with E-state index in [-0.39, 0.29) is 17.2 Å². The maximum absolute atomic E-state index is 13.6. The van der Waals surface area contributed by atoms with E-state index in [4.69, 9.17) is 16.3 Å². The molecular weight excluding hydrogens is 307 g/mol. The number of piperazine rings is 1. The number of nitrogens with zero attached hydrogens (tertiary/aromatic N) is 2. The van der Waals surface area contributed by atoms with E-state index in [2.05, 4.69) is 4.90 Å². The van der Waals surface area contributed by atoms with Crippen LogP contribution >= 0.6 is 11.6 Å². The molecule has 1 atom stereocenters. The minimum absolute atomic E-state index is 0.0712. The molecule has 1 fully saturated rings. The molecule has 0 aliphatic carbocycles. The minimum atomic E-state index is -0.503. The third-order valence-electron chi connectivity index (χ3n) is 3.51. The van der Waals surface area contributed by atoms with E-state index < -0.39 is 11.4 Å². The predicted molar refractivity (Wildman–Crippen MR) is 86.0 cm³/mol. The summed E-state index contributed by atoms with van der Waals surface area (Å²) < 4.78 is 19.0. The van der Waals surface area contributed by atoms with Crippen LogP contribution in [0.1, 0.15) is 27.7 Å². The Morgan fingerprint density at radius 2 is 2.05 bits per heavy atom. The molecule has 0 unspecified atom stereocenters. The molecule has 122 valence electrons. The number of carbonyl (C=O) groups is 1. The van der Waals surface area contributed by atoms with Gasteiger partial charge in [-0.3, -0.25) is 0 Å². The van der Waals surface area contributed by atoms with Crippen LogP contribution in [-0.4, -0.2) is 42.3 Å². The van der Waals surface area contributed by atoms with Crippen LogP contribution in [-0.2, 0) is 4.74 Å². The molecule has 0 saturated carbocycles. The van der Waals surface area contributed by atoms with Crippen molar-refractivity contribution in [1.29, 1.82) is 0 Å². The lowest BCUT2D eigenvalue weighted by Crippen LogP contribution is -2.54. The molecule has 0 aromatic heterocycles. The van der Waals surface area contributed by atoms with Crippen LogP contribution in [0.15, 0.2) is 18.2 Å². The van der Waals surface area contributed by atoms with Gasteiger partial charge in [-0.25, -0.2) is 9.18 Å². The summed E-state index contributed by atoms with van der Waals surface area (Å²) in [7, 11) is 0. The SMILES string of the molecule is C[C@@H]1CN(C(=O)OC(C)(C)C)CCN1c1ccc(Cl)c(F)c1. The monoisotopic (exact) mass is 328 g/mol. The Morgan fingerprint density at radius 1 is 1.36 bits per heavy atom. The van der Waals surface area contributed by atoms with E-state index in [0.717, 1.165) is 5.69 Å². The quantitative estimate of drug-likeness (QED) is 0.783. The zero-order chi connectivity index (χ0) is 16.5. The number of rotatable bonds is 1. The van der Waals surface area contributed by atoms with E-state index in [1.165, 1.54) is 6.07 Å². The molecule has 1 aromatic rings. The van der Waals surface area contributed by atoms with Crippen molar-refractivity contribution < 1.29 is 13.9 Å². The fourth-order valence-electron chi connectivity index (χ4n) is 2.50. The number of ether oxygens (including phenoxy) is 1. The zero-order valence-electron chi connectivity index (χ0n) is 13.4. The van der Waals surface area contributed by atoms with Gasteiger partial charge in [-0.15, -0.1) is 0 Å². The predicted octanol–water partition coefficient (Wildman–Crippen LogP) is 3.92. The van der Waals surface area contributed by atoms with E-state index >= 15 is 0 Å². The Balaban J connectivity index is 2.03. The average Bonchev–Trinajstić information content (AvgIpc) is 2.40. The van der Waals surface area contributed by atoms with Crippen LogP contribution in [0.2, 0.25) is 5.02 Å². The third kappa shape index (κ3) is 4.03. The summed E-state index contributed by atoms with van der Waals surface area (Å²) in [6, 6.07) is 4.86. The van der Waals surface area contributed by atoms with Crippen molar-refractivity contribution in [1.82, 2.24) is 4.90 Å². The molecule has 1 heterocycles. The van der Waals surface area contributed by atoms with Crippen molar-refractivity contribution in [2.45, 2.75) is 39.3 Å². The number of carbonyl (C=O) groups excluding carboxylic acids is 1. The molecule has 1 aliphatic heterocycles. The second-order valence-electron chi connectivity index (χ2n) is 6.57. The molecule has 1 aliphatic rings. The summed E-state index contributed by atoms with van der Waals surface area (Å²) >= 11 is 5.72. The molecule has 6 heteroatoms. The Hall–Kier alpha value is -1.49. The van der Waals surface area contributed by atoms with Crippen molar-refractivity contribution in [3.8, 4) is 0 Å². The smallest absolute Gasteiger partial charge is 0.410 e. The largest absolute Gasteiger partial charge is 0.444 e. The van der Waals surface area contributed by atoms with Gasteiger partial charge in [0, 0.05) is 31.4 Å². The van der Waals surface area contributed by atoms with Crippen molar-refractivity contribution in [2.24, 2.45) is 0 Å². The van der Waals surface area contributed by atoms with Crippen molar-refractivity contribution in [2.75, 3.05) is 24.5 Å². The number of anilines is 1. The first-order valence-electron chi connectivity index (χ1n) is 7.37. The highest BCUT2D eigenvalue weighted by Gasteiger charge is 2.30. The van der Waals surface area contributed by atoms with Gasteiger partial charge in [-0.05, 0) is 45.9 Å². The van der Waals surface area contributed by atoms with Crippen LogP contribution < -0.4 is 4.90 Å². The number of halogens is 2. The Kier molecular flexibility index (Phi) is 4.85. The molecule has 4 nitrogen and oxygen atoms in total. The van der Waals surface area contributed by atoms with Gasteiger partial charge in [-0.2, -0.15) is 0 Å². The van der Waals surface area contributed by atoms with Crippen LogP contribution in [0.4, 0.5) is 14.9 Å². The van der Waals surface area contributed by atoms with Gasteiger partial charge in [0.05, 0.1) is 5.02 Å². The third-order valence-corrected chi connectivity index (χ3v) is 3.82. The number of amides is 1. The van der Waals surface area contributed by atoms with Gasteiger partial charge in [0.25, 0.3) is 0 Å². The first-order valence-corrected chi connectivity index (χ1v) is 7.75. The number of hydrogen-bond donors (Lipinski definition) is 0. The lowest BCUT2D eigenvalue weighted by molar-refractivity contribution is 0.0219. The average molecular weight is 329 g/mol. The molecule has 22 heavy (non-hydrogen) atoms. The summed E-state index contributed by atoms with van der Waals surface area (Å²) in [5.41, 5.74) is 0.273. The van der Waals surface area contributed by atoms with E-state index in [1.807, 2.05) is 27.7 Å². The molecule has 1 aromatic carbocycles. The Labute approximate surface area is 135 Å². The highest BCUT2D eigenvalue weighted by Crippen LogP contribution is 2.25. The highest BCUT2D eigenvalue weighted by molar-refractivity contribution is 6.30. The number of hydrogen-bond acceptors (Lipinski definition) is 3. The summed E-state index contributed by atoms with van der Waals surface area (Å²) in [4.78, 5) is 15.9. The Bertz CT molecular complexity index is 560. The second-order valence-corrected chi connectivity index (χ2v) is 6.97. The summed E-state index contributed by atoms with van der Waals surface area (Å²) in [5.74, 6) is -0.430. The summed E-state index contributed by atoms with van der Waals surface area (Å²) in [5, 5.41) is 0.115. The molecule has 0 N–H and O–H groups in total. The van der Waals surface area contributed by atoms with Crippen LogP contribution in [0.3, 0.4) is 0 Å². The van der Waals surface area contributed by atoms with Gasteiger partial charge < -0.3 is 14.5 Å². The van der Waals surface area contributed by atoms with Gasteiger partial charge >= 0.3 is 6.09 Å². The number of benzene rings is 1. The summed E-state index contributed by atoms with van der Waals surface area (Å²) in [6.07, 6.45) is -0.304. The van der Waals surface area contributed by atoms with E-state index in [1.54, 1.807) is 17.0 Å².